The van der Waals surface area contributed by atoms with Crippen molar-refractivity contribution < 1.29 is 9.63 Å². The Labute approximate surface area is 131 Å². The molecule has 2 N–H and O–H groups in total. The van der Waals surface area contributed by atoms with Crippen LogP contribution in [0.15, 0.2) is 18.2 Å². The van der Waals surface area contributed by atoms with Gasteiger partial charge in [-0.2, -0.15) is 5.26 Å². The molecule has 0 spiro atoms. The van der Waals surface area contributed by atoms with Crippen molar-refractivity contribution >= 4 is 17.3 Å². The van der Waals surface area contributed by atoms with Crippen molar-refractivity contribution in [2.24, 2.45) is 5.41 Å². The van der Waals surface area contributed by atoms with Crippen LogP contribution in [0.3, 0.4) is 0 Å². The summed E-state index contributed by atoms with van der Waals surface area (Å²) >= 11 is 0. The quantitative estimate of drug-likeness (QED) is 0.838. The van der Waals surface area contributed by atoms with Crippen molar-refractivity contribution in [1.29, 1.82) is 5.26 Å². The van der Waals surface area contributed by atoms with E-state index >= 15 is 0 Å². The number of carbonyl (C=O) groups is 1. The molecule has 118 valence electrons. The summed E-state index contributed by atoms with van der Waals surface area (Å²) in [6.45, 7) is 8.19. The lowest BCUT2D eigenvalue weighted by molar-refractivity contribution is -0.201. The van der Waals surface area contributed by atoms with Gasteiger partial charge in [0, 0.05) is 13.1 Å². The lowest BCUT2D eigenvalue weighted by atomic mass is 9.98. The fourth-order valence-electron chi connectivity index (χ4n) is 2.19. The minimum absolute atomic E-state index is 0.223. The van der Waals surface area contributed by atoms with E-state index in [0.29, 0.717) is 37.4 Å². The van der Waals surface area contributed by atoms with Crippen LogP contribution in [0, 0.1) is 16.7 Å². The van der Waals surface area contributed by atoms with Gasteiger partial charge >= 0.3 is 5.97 Å². The Kier molecular flexibility index (Phi) is 4.57. The Morgan fingerprint density at radius 2 is 1.91 bits per heavy atom. The second kappa shape index (κ2) is 6.24. The molecule has 0 amide bonds. The normalized spacial score (nSPS) is 16.2. The minimum atomic E-state index is -0.505. The molecule has 6 heteroatoms. The molecule has 0 unspecified atom stereocenters. The first kappa shape index (κ1) is 16.1. The largest absolute Gasteiger partial charge is 0.397 e. The van der Waals surface area contributed by atoms with Crippen molar-refractivity contribution in [2.45, 2.75) is 20.8 Å². The maximum absolute atomic E-state index is 11.9. The topological polar surface area (TPSA) is 82.6 Å². The molecule has 1 heterocycles. The zero-order chi connectivity index (χ0) is 16.3. The van der Waals surface area contributed by atoms with Gasteiger partial charge in [0.1, 0.15) is 0 Å². The van der Waals surface area contributed by atoms with E-state index in [-0.39, 0.29) is 5.97 Å². The molecule has 0 atom stereocenters. The average Bonchev–Trinajstić information content (AvgIpc) is 2.47. The van der Waals surface area contributed by atoms with Crippen LogP contribution in [0.4, 0.5) is 11.4 Å². The monoisotopic (exact) mass is 302 g/mol. The highest BCUT2D eigenvalue weighted by Crippen LogP contribution is 2.25. The molecule has 22 heavy (non-hydrogen) atoms. The molecule has 1 fully saturated rings. The van der Waals surface area contributed by atoms with Crippen LogP contribution < -0.4 is 10.6 Å². The summed E-state index contributed by atoms with van der Waals surface area (Å²) in [4.78, 5) is 19.4. The van der Waals surface area contributed by atoms with E-state index in [2.05, 4.69) is 11.0 Å². The standard InChI is InChI=1S/C16H22N4O2/c1-16(2,3)15(21)22-20-8-6-19(7-9-20)14-5-4-12(11-17)10-13(14)18/h4-5,10H,6-9,18H2,1-3H3. The fourth-order valence-corrected chi connectivity index (χ4v) is 2.19. The molecule has 0 saturated carbocycles. The van der Waals surface area contributed by atoms with Crippen molar-refractivity contribution in [3.63, 3.8) is 0 Å². The summed E-state index contributed by atoms with van der Waals surface area (Å²) in [5, 5.41) is 10.6. The van der Waals surface area contributed by atoms with Crippen LogP contribution in [0.5, 0.6) is 0 Å². The van der Waals surface area contributed by atoms with Gasteiger partial charge in [0.15, 0.2) is 0 Å². The van der Waals surface area contributed by atoms with Crippen LogP contribution in [-0.2, 0) is 9.63 Å². The lowest BCUT2D eigenvalue weighted by Crippen LogP contribution is -2.48. The number of hydroxylamine groups is 2. The Morgan fingerprint density at radius 1 is 1.27 bits per heavy atom. The number of anilines is 2. The molecule has 0 aliphatic carbocycles. The SMILES string of the molecule is CC(C)(C)C(=O)ON1CCN(c2ccc(C#N)cc2N)CC1. The van der Waals surface area contributed by atoms with Gasteiger partial charge in [-0.3, -0.25) is 0 Å². The molecule has 2 rings (SSSR count). The molecular weight excluding hydrogens is 280 g/mol. The van der Waals surface area contributed by atoms with Crippen LogP contribution in [-0.4, -0.2) is 37.2 Å². The van der Waals surface area contributed by atoms with Crippen LogP contribution in [0.1, 0.15) is 26.3 Å². The number of carbonyl (C=O) groups excluding carboxylic acids is 1. The van der Waals surface area contributed by atoms with Crippen LogP contribution >= 0.6 is 0 Å². The number of benzene rings is 1. The highest BCUT2D eigenvalue weighted by molar-refractivity contribution is 5.75. The van der Waals surface area contributed by atoms with Crippen molar-refractivity contribution in [1.82, 2.24) is 5.06 Å². The van der Waals surface area contributed by atoms with Gasteiger partial charge in [-0.05, 0) is 39.0 Å². The molecule has 1 saturated heterocycles. The zero-order valence-electron chi connectivity index (χ0n) is 13.3. The number of piperazine rings is 1. The van der Waals surface area contributed by atoms with Gasteiger partial charge in [0.25, 0.3) is 0 Å². The van der Waals surface area contributed by atoms with Gasteiger partial charge in [0.05, 0.1) is 41.5 Å². The molecular formula is C16H22N4O2. The number of nitriles is 1. The van der Waals surface area contributed by atoms with Gasteiger partial charge in [-0.15, -0.1) is 5.06 Å². The summed E-state index contributed by atoms with van der Waals surface area (Å²) in [5.74, 6) is -0.223. The second-order valence-electron chi connectivity index (χ2n) is 6.43. The number of nitrogens with zero attached hydrogens (tertiary/aromatic N) is 3. The smallest absolute Gasteiger partial charge is 0.330 e. The predicted octanol–water partition coefficient (Wildman–Crippen LogP) is 1.77. The van der Waals surface area contributed by atoms with E-state index in [4.69, 9.17) is 15.8 Å². The predicted molar refractivity (Wildman–Crippen MR) is 84.9 cm³/mol. The van der Waals surface area contributed by atoms with Crippen molar-refractivity contribution in [3.8, 4) is 6.07 Å². The Hall–Kier alpha value is -2.26. The van der Waals surface area contributed by atoms with E-state index < -0.39 is 5.41 Å². The highest BCUT2D eigenvalue weighted by Gasteiger charge is 2.28. The second-order valence-corrected chi connectivity index (χ2v) is 6.43. The third-order valence-corrected chi connectivity index (χ3v) is 3.56. The number of nitrogens with two attached hydrogens (primary N) is 1. The summed E-state index contributed by atoms with van der Waals surface area (Å²) in [6, 6.07) is 7.39. The summed E-state index contributed by atoms with van der Waals surface area (Å²) in [5.41, 5.74) is 7.57. The summed E-state index contributed by atoms with van der Waals surface area (Å²) in [6.07, 6.45) is 0. The highest BCUT2D eigenvalue weighted by atomic mass is 16.7. The first-order valence-corrected chi connectivity index (χ1v) is 7.33. The van der Waals surface area contributed by atoms with E-state index in [9.17, 15) is 4.79 Å². The molecule has 0 radical (unpaired) electrons. The third-order valence-electron chi connectivity index (χ3n) is 3.56. The Balaban J connectivity index is 1.95. The maximum atomic E-state index is 11.9. The zero-order valence-corrected chi connectivity index (χ0v) is 13.3. The number of rotatable bonds is 2. The van der Waals surface area contributed by atoms with Gasteiger partial charge in [-0.1, -0.05) is 0 Å². The van der Waals surface area contributed by atoms with E-state index in [1.807, 2.05) is 26.8 Å². The summed E-state index contributed by atoms with van der Waals surface area (Å²) in [7, 11) is 0. The number of nitrogen functional groups attached to an aromatic ring is 1. The fraction of sp³-hybridized carbons (Fsp3) is 0.500. The molecule has 1 aromatic rings. The lowest BCUT2D eigenvalue weighted by Gasteiger charge is -2.36. The van der Waals surface area contributed by atoms with E-state index in [1.54, 1.807) is 17.2 Å². The molecule has 1 aliphatic rings. The molecule has 0 aromatic heterocycles. The van der Waals surface area contributed by atoms with Gasteiger partial charge in [-0.25, -0.2) is 4.79 Å². The molecule has 6 nitrogen and oxygen atoms in total. The van der Waals surface area contributed by atoms with Gasteiger partial charge < -0.3 is 15.5 Å². The molecule has 1 aromatic carbocycles. The van der Waals surface area contributed by atoms with E-state index in [1.165, 1.54) is 0 Å². The first-order valence-electron chi connectivity index (χ1n) is 7.33. The first-order chi connectivity index (χ1) is 10.3. The average molecular weight is 302 g/mol. The molecule has 0 bridgehead atoms. The van der Waals surface area contributed by atoms with Crippen LogP contribution in [0.2, 0.25) is 0 Å². The summed E-state index contributed by atoms with van der Waals surface area (Å²) < 4.78 is 0. The molecule has 1 aliphatic heterocycles. The Morgan fingerprint density at radius 3 is 2.41 bits per heavy atom. The van der Waals surface area contributed by atoms with Crippen LogP contribution in [0.25, 0.3) is 0 Å². The third kappa shape index (κ3) is 3.68. The van der Waals surface area contributed by atoms with Gasteiger partial charge in [0.2, 0.25) is 0 Å². The Bertz CT molecular complexity index is 593. The maximum Gasteiger partial charge on any atom is 0.330 e. The van der Waals surface area contributed by atoms with E-state index in [0.717, 1.165) is 5.69 Å². The minimum Gasteiger partial charge on any atom is -0.397 e. The number of hydrogen-bond donors (Lipinski definition) is 1. The van der Waals surface area contributed by atoms with Crippen molar-refractivity contribution in [2.75, 3.05) is 36.8 Å². The number of hydrogen-bond acceptors (Lipinski definition) is 6. The van der Waals surface area contributed by atoms with Crippen molar-refractivity contribution in [3.05, 3.63) is 23.8 Å².